The molecular formula is C9H9N3S. The number of nitrogens with zero attached hydrogens (tertiary/aromatic N) is 3. The lowest BCUT2D eigenvalue weighted by atomic mass is 10.3. The molecule has 2 heterocycles. The lowest BCUT2D eigenvalue weighted by molar-refractivity contribution is 1.00. The minimum atomic E-state index is 0.790. The summed E-state index contributed by atoms with van der Waals surface area (Å²) in [6.45, 7) is 1.96. The maximum Gasteiger partial charge on any atom is 0.187 e. The van der Waals surface area contributed by atoms with E-state index in [4.69, 9.17) is 0 Å². The molecule has 0 radical (unpaired) electrons. The van der Waals surface area contributed by atoms with Crippen LogP contribution in [0.25, 0.3) is 10.9 Å². The van der Waals surface area contributed by atoms with Crippen molar-refractivity contribution in [1.82, 2.24) is 15.0 Å². The highest BCUT2D eigenvalue weighted by Crippen LogP contribution is 2.14. The Balaban J connectivity index is 2.66. The van der Waals surface area contributed by atoms with Crippen LogP contribution in [-0.4, -0.2) is 21.2 Å². The fourth-order valence-corrected chi connectivity index (χ4v) is 1.47. The smallest absolute Gasteiger partial charge is 0.187 e. The highest BCUT2D eigenvalue weighted by atomic mass is 32.2. The minimum absolute atomic E-state index is 0.790. The van der Waals surface area contributed by atoms with Gasteiger partial charge in [0.25, 0.3) is 0 Å². The summed E-state index contributed by atoms with van der Waals surface area (Å²) in [5.74, 6) is 0. The van der Waals surface area contributed by atoms with E-state index >= 15 is 0 Å². The SMILES string of the molecule is CSc1ncc2cc(C)ncc2n1. The third kappa shape index (κ3) is 1.62. The van der Waals surface area contributed by atoms with Gasteiger partial charge < -0.3 is 0 Å². The zero-order valence-electron chi connectivity index (χ0n) is 7.48. The molecule has 0 aliphatic rings. The third-order valence-electron chi connectivity index (χ3n) is 1.76. The Morgan fingerprint density at radius 3 is 2.85 bits per heavy atom. The second-order valence-electron chi connectivity index (χ2n) is 2.74. The zero-order chi connectivity index (χ0) is 9.26. The molecule has 66 valence electrons. The van der Waals surface area contributed by atoms with E-state index in [1.807, 2.05) is 25.4 Å². The topological polar surface area (TPSA) is 38.7 Å². The van der Waals surface area contributed by atoms with Crippen LogP contribution in [0.15, 0.2) is 23.6 Å². The monoisotopic (exact) mass is 191 g/mol. The van der Waals surface area contributed by atoms with E-state index in [1.54, 1.807) is 6.20 Å². The molecule has 2 aromatic rings. The number of hydrogen-bond acceptors (Lipinski definition) is 4. The van der Waals surface area contributed by atoms with Gasteiger partial charge in [-0.05, 0) is 19.2 Å². The van der Waals surface area contributed by atoms with Crippen LogP contribution < -0.4 is 0 Å². The minimum Gasteiger partial charge on any atom is -0.259 e. The van der Waals surface area contributed by atoms with E-state index in [1.165, 1.54) is 11.8 Å². The van der Waals surface area contributed by atoms with E-state index in [2.05, 4.69) is 15.0 Å². The van der Waals surface area contributed by atoms with Crippen LogP contribution in [0.2, 0.25) is 0 Å². The summed E-state index contributed by atoms with van der Waals surface area (Å²) in [4.78, 5) is 12.7. The number of thioether (sulfide) groups is 1. The lowest BCUT2D eigenvalue weighted by Crippen LogP contribution is -1.89. The van der Waals surface area contributed by atoms with E-state index < -0.39 is 0 Å². The Hall–Kier alpha value is -1.16. The van der Waals surface area contributed by atoms with Gasteiger partial charge in [0.2, 0.25) is 0 Å². The fourth-order valence-electron chi connectivity index (χ4n) is 1.13. The van der Waals surface area contributed by atoms with Crippen LogP contribution in [0.3, 0.4) is 0 Å². The predicted octanol–water partition coefficient (Wildman–Crippen LogP) is 2.06. The van der Waals surface area contributed by atoms with Crippen molar-refractivity contribution < 1.29 is 0 Å². The van der Waals surface area contributed by atoms with Crippen molar-refractivity contribution in [3.05, 3.63) is 24.2 Å². The first-order valence-corrected chi connectivity index (χ1v) is 5.15. The van der Waals surface area contributed by atoms with Gasteiger partial charge >= 0.3 is 0 Å². The molecule has 13 heavy (non-hydrogen) atoms. The summed E-state index contributed by atoms with van der Waals surface area (Å²) in [7, 11) is 0. The van der Waals surface area contributed by atoms with Crippen LogP contribution in [0.4, 0.5) is 0 Å². The highest BCUT2D eigenvalue weighted by molar-refractivity contribution is 7.98. The number of rotatable bonds is 1. The van der Waals surface area contributed by atoms with Gasteiger partial charge in [-0.15, -0.1) is 0 Å². The Kier molecular flexibility index (Phi) is 2.14. The Labute approximate surface area is 80.6 Å². The van der Waals surface area contributed by atoms with Gasteiger partial charge in [0, 0.05) is 17.3 Å². The van der Waals surface area contributed by atoms with Gasteiger partial charge in [-0.2, -0.15) is 0 Å². The Morgan fingerprint density at radius 2 is 2.08 bits per heavy atom. The zero-order valence-corrected chi connectivity index (χ0v) is 8.30. The number of pyridine rings is 1. The van der Waals surface area contributed by atoms with Gasteiger partial charge in [-0.25, -0.2) is 9.97 Å². The van der Waals surface area contributed by atoms with Crippen LogP contribution in [-0.2, 0) is 0 Å². The molecule has 0 saturated heterocycles. The molecular weight excluding hydrogens is 182 g/mol. The first-order chi connectivity index (χ1) is 6.29. The molecule has 0 unspecified atom stereocenters. The van der Waals surface area contributed by atoms with Crippen LogP contribution in [0.1, 0.15) is 5.69 Å². The quantitative estimate of drug-likeness (QED) is 0.511. The maximum absolute atomic E-state index is 4.32. The number of aromatic nitrogens is 3. The van der Waals surface area contributed by atoms with E-state index in [-0.39, 0.29) is 0 Å². The number of fused-ring (bicyclic) bond motifs is 1. The number of hydrogen-bond donors (Lipinski definition) is 0. The number of aryl methyl sites for hydroxylation is 1. The lowest BCUT2D eigenvalue weighted by Gasteiger charge is -1.99. The second kappa shape index (κ2) is 3.30. The maximum atomic E-state index is 4.32. The molecule has 4 heteroatoms. The highest BCUT2D eigenvalue weighted by Gasteiger charge is 1.98. The van der Waals surface area contributed by atoms with Gasteiger partial charge in [0.1, 0.15) is 0 Å². The van der Waals surface area contributed by atoms with Crippen molar-refractivity contribution in [1.29, 1.82) is 0 Å². The fraction of sp³-hybridized carbons (Fsp3) is 0.222. The van der Waals surface area contributed by atoms with Gasteiger partial charge in [0.15, 0.2) is 5.16 Å². The summed E-state index contributed by atoms with van der Waals surface area (Å²) >= 11 is 1.54. The summed E-state index contributed by atoms with van der Waals surface area (Å²) in [6.07, 6.45) is 5.58. The Bertz CT molecular complexity index is 442. The summed E-state index contributed by atoms with van der Waals surface area (Å²) in [5.41, 5.74) is 1.90. The molecule has 0 spiro atoms. The average Bonchev–Trinajstić information content (AvgIpc) is 2.17. The third-order valence-corrected chi connectivity index (χ3v) is 2.33. The molecule has 3 nitrogen and oxygen atoms in total. The van der Waals surface area contributed by atoms with Crippen molar-refractivity contribution in [2.75, 3.05) is 6.26 Å². The summed E-state index contributed by atoms with van der Waals surface area (Å²) in [6, 6.07) is 1.99. The molecule has 0 atom stereocenters. The first-order valence-electron chi connectivity index (χ1n) is 3.93. The van der Waals surface area contributed by atoms with Gasteiger partial charge in [0.05, 0.1) is 11.7 Å². The second-order valence-corrected chi connectivity index (χ2v) is 3.51. The standard InChI is InChI=1S/C9H9N3S/c1-6-3-7-4-11-9(13-2)12-8(7)5-10-6/h3-5H,1-2H3. The van der Waals surface area contributed by atoms with E-state index in [0.29, 0.717) is 0 Å². The summed E-state index contributed by atoms with van der Waals surface area (Å²) in [5, 5.41) is 1.84. The predicted molar refractivity (Wildman–Crippen MR) is 53.9 cm³/mol. The molecule has 0 bridgehead atoms. The van der Waals surface area contributed by atoms with E-state index in [9.17, 15) is 0 Å². The van der Waals surface area contributed by atoms with Crippen molar-refractivity contribution in [2.24, 2.45) is 0 Å². The average molecular weight is 191 g/mol. The van der Waals surface area contributed by atoms with Crippen molar-refractivity contribution in [2.45, 2.75) is 12.1 Å². The molecule has 0 N–H and O–H groups in total. The largest absolute Gasteiger partial charge is 0.259 e. The van der Waals surface area contributed by atoms with Crippen molar-refractivity contribution in [3.8, 4) is 0 Å². The molecule has 0 fully saturated rings. The Morgan fingerprint density at radius 1 is 1.23 bits per heavy atom. The van der Waals surface area contributed by atoms with Gasteiger partial charge in [-0.1, -0.05) is 11.8 Å². The molecule has 2 aromatic heterocycles. The van der Waals surface area contributed by atoms with Crippen LogP contribution in [0.5, 0.6) is 0 Å². The molecule has 2 rings (SSSR count). The van der Waals surface area contributed by atoms with Crippen LogP contribution >= 0.6 is 11.8 Å². The first kappa shape index (κ1) is 8.44. The molecule has 0 aliphatic heterocycles. The molecule has 0 saturated carbocycles. The normalized spacial score (nSPS) is 10.6. The van der Waals surface area contributed by atoms with Gasteiger partial charge in [-0.3, -0.25) is 4.98 Å². The summed E-state index contributed by atoms with van der Waals surface area (Å²) < 4.78 is 0. The van der Waals surface area contributed by atoms with Crippen molar-refractivity contribution in [3.63, 3.8) is 0 Å². The van der Waals surface area contributed by atoms with E-state index in [0.717, 1.165) is 21.8 Å². The van der Waals surface area contributed by atoms with Crippen molar-refractivity contribution >= 4 is 22.7 Å². The van der Waals surface area contributed by atoms with Crippen LogP contribution in [0, 0.1) is 6.92 Å². The molecule has 0 aromatic carbocycles. The molecule has 0 amide bonds. The molecule has 0 aliphatic carbocycles.